The highest BCUT2D eigenvalue weighted by Crippen LogP contribution is 2.24. The number of hydrogen-bond donors (Lipinski definition) is 3. The molecule has 0 aliphatic carbocycles. The van der Waals surface area contributed by atoms with E-state index >= 15 is 0 Å². The number of aliphatic hydroxyl groups excluding tert-OH is 1. The Morgan fingerprint density at radius 3 is 2.21 bits per heavy atom. The zero-order chi connectivity index (χ0) is 25.3. The number of hydrogen-bond acceptors (Lipinski definition) is 6. The molecule has 0 radical (unpaired) electrons. The van der Waals surface area contributed by atoms with Crippen LogP contribution in [0, 0.1) is 5.41 Å². The van der Waals surface area contributed by atoms with Gasteiger partial charge in [-0.15, -0.1) is 0 Å². The van der Waals surface area contributed by atoms with Gasteiger partial charge in [0.25, 0.3) is 0 Å². The smallest absolute Gasteiger partial charge is 0.335 e. The van der Waals surface area contributed by atoms with Crippen LogP contribution in [0.4, 0.5) is 0 Å². The summed E-state index contributed by atoms with van der Waals surface area (Å²) < 4.78 is 17.1. The van der Waals surface area contributed by atoms with E-state index in [1.807, 2.05) is 45.0 Å². The van der Waals surface area contributed by atoms with Crippen molar-refractivity contribution < 1.29 is 29.2 Å². The third kappa shape index (κ3) is 11.7. The molecule has 7 heteroatoms. The van der Waals surface area contributed by atoms with Crippen LogP contribution in [-0.2, 0) is 0 Å². The van der Waals surface area contributed by atoms with E-state index < -0.39 is 5.97 Å². The van der Waals surface area contributed by atoms with Gasteiger partial charge in [0.15, 0.2) is 0 Å². The van der Waals surface area contributed by atoms with Crippen molar-refractivity contribution in [3.05, 3.63) is 53.6 Å². The van der Waals surface area contributed by atoms with Crippen molar-refractivity contribution in [3.8, 4) is 17.2 Å². The molecule has 188 valence electrons. The van der Waals surface area contributed by atoms with Gasteiger partial charge in [-0.05, 0) is 51.0 Å². The molecule has 0 heterocycles. The summed E-state index contributed by atoms with van der Waals surface area (Å²) >= 11 is 0. The summed E-state index contributed by atoms with van der Waals surface area (Å²) in [6.07, 6.45) is 5.34. The Morgan fingerprint density at radius 2 is 1.59 bits per heavy atom. The van der Waals surface area contributed by atoms with Gasteiger partial charge in [-0.3, -0.25) is 0 Å². The van der Waals surface area contributed by atoms with Crippen LogP contribution >= 0.6 is 0 Å². The molecule has 0 aliphatic heterocycles. The Hall–Kier alpha value is -3.06. The average molecular weight is 474 g/mol. The lowest BCUT2D eigenvalue weighted by Crippen LogP contribution is -2.13. The summed E-state index contributed by atoms with van der Waals surface area (Å²) in [6.45, 7) is 8.82. The number of aliphatic hydroxyl groups is 1. The number of ether oxygens (including phenoxy) is 3. The molecule has 2 aromatic carbocycles. The molecule has 34 heavy (non-hydrogen) atoms. The van der Waals surface area contributed by atoms with Crippen LogP contribution in [0.3, 0.4) is 0 Å². The van der Waals surface area contributed by atoms with Gasteiger partial charge in [-0.25, -0.2) is 4.79 Å². The minimum Gasteiger partial charge on any atom is -0.494 e. The van der Waals surface area contributed by atoms with Crippen LogP contribution in [0.15, 0.2) is 42.5 Å². The maximum Gasteiger partial charge on any atom is 0.335 e. The molecule has 0 amide bonds. The second-order valence-corrected chi connectivity index (χ2v) is 8.09. The summed E-state index contributed by atoms with van der Waals surface area (Å²) in [4.78, 5) is 11.4. The van der Waals surface area contributed by atoms with E-state index in [1.165, 1.54) is 25.0 Å². The van der Waals surface area contributed by atoms with Gasteiger partial charge in [0, 0.05) is 18.2 Å². The van der Waals surface area contributed by atoms with Gasteiger partial charge in [0.2, 0.25) is 0 Å². The zero-order valence-corrected chi connectivity index (χ0v) is 20.8. The fourth-order valence-corrected chi connectivity index (χ4v) is 2.85. The summed E-state index contributed by atoms with van der Waals surface area (Å²) in [5.74, 6) is 0.436. The number of benzene rings is 2. The fourth-order valence-electron chi connectivity index (χ4n) is 2.85. The molecule has 0 saturated heterocycles. The SMILES string of the molecule is CCCCCCOc1cccc(C(=N)COc2cc(OC(C)C)cc(C(=O)O)c2)c1.CCCO. The first-order valence-electron chi connectivity index (χ1n) is 11.9. The lowest BCUT2D eigenvalue weighted by atomic mass is 10.1. The summed E-state index contributed by atoms with van der Waals surface area (Å²) in [5.41, 5.74) is 1.06. The highest BCUT2D eigenvalue weighted by molar-refractivity contribution is 5.99. The van der Waals surface area contributed by atoms with Gasteiger partial charge in [0.05, 0.1) is 24.0 Å². The van der Waals surface area contributed by atoms with E-state index in [1.54, 1.807) is 6.07 Å². The molecule has 0 atom stereocenters. The van der Waals surface area contributed by atoms with Gasteiger partial charge >= 0.3 is 5.97 Å². The molecule has 0 aromatic heterocycles. The number of unbranched alkanes of at least 4 members (excludes halogenated alkanes) is 3. The Balaban J connectivity index is 0.00000133. The molecule has 2 aromatic rings. The van der Waals surface area contributed by atoms with Crippen molar-refractivity contribution >= 4 is 11.7 Å². The van der Waals surface area contributed by atoms with E-state index in [-0.39, 0.29) is 24.0 Å². The van der Waals surface area contributed by atoms with Crippen LogP contribution in [0.1, 0.15) is 75.7 Å². The van der Waals surface area contributed by atoms with Crippen LogP contribution in [0.25, 0.3) is 0 Å². The van der Waals surface area contributed by atoms with Crippen LogP contribution in [-0.4, -0.2) is 47.8 Å². The highest BCUT2D eigenvalue weighted by Gasteiger charge is 2.11. The quantitative estimate of drug-likeness (QED) is 0.230. The number of carboxylic acid groups (broad SMARTS) is 1. The molecule has 0 bridgehead atoms. The van der Waals surface area contributed by atoms with E-state index in [0.717, 1.165) is 25.0 Å². The maximum absolute atomic E-state index is 11.4. The van der Waals surface area contributed by atoms with Crippen LogP contribution in [0.5, 0.6) is 17.2 Å². The van der Waals surface area contributed by atoms with Gasteiger partial charge in [-0.1, -0.05) is 45.2 Å². The average Bonchev–Trinajstić information content (AvgIpc) is 2.82. The summed E-state index contributed by atoms with van der Waals surface area (Å²) in [6, 6.07) is 11.9. The van der Waals surface area contributed by atoms with Gasteiger partial charge in [0.1, 0.15) is 23.9 Å². The second kappa shape index (κ2) is 16.5. The van der Waals surface area contributed by atoms with E-state index in [4.69, 9.17) is 24.7 Å². The normalized spacial score (nSPS) is 10.3. The predicted molar refractivity (Wildman–Crippen MR) is 135 cm³/mol. The predicted octanol–water partition coefficient (Wildman–Crippen LogP) is 5.97. The summed E-state index contributed by atoms with van der Waals surface area (Å²) in [5, 5.41) is 25.5. The number of rotatable bonds is 14. The number of nitrogens with one attached hydrogen (secondary N) is 1. The van der Waals surface area contributed by atoms with E-state index in [2.05, 4.69) is 6.92 Å². The molecule has 7 nitrogen and oxygen atoms in total. The van der Waals surface area contributed by atoms with Crippen molar-refractivity contribution in [3.63, 3.8) is 0 Å². The Kier molecular flexibility index (Phi) is 14.1. The molecule has 0 spiro atoms. The first-order valence-corrected chi connectivity index (χ1v) is 11.9. The topological polar surface area (TPSA) is 109 Å². The molecular formula is C27H39NO6. The fraction of sp³-hybridized carbons (Fsp3) is 0.481. The monoisotopic (exact) mass is 473 g/mol. The Bertz CT molecular complexity index is 879. The third-order valence-corrected chi connectivity index (χ3v) is 4.55. The van der Waals surface area contributed by atoms with Crippen molar-refractivity contribution in [1.82, 2.24) is 0 Å². The van der Waals surface area contributed by atoms with Crippen molar-refractivity contribution in [2.45, 2.75) is 65.9 Å². The first kappa shape index (κ1) is 29.0. The summed E-state index contributed by atoms with van der Waals surface area (Å²) in [7, 11) is 0. The molecule has 0 fully saturated rings. The van der Waals surface area contributed by atoms with Crippen molar-refractivity contribution in [2.24, 2.45) is 0 Å². The van der Waals surface area contributed by atoms with E-state index in [0.29, 0.717) is 30.3 Å². The Labute approximate surface area is 203 Å². The number of carboxylic acids is 1. The first-order chi connectivity index (χ1) is 16.3. The zero-order valence-electron chi connectivity index (χ0n) is 20.8. The lowest BCUT2D eigenvalue weighted by Gasteiger charge is -2.14. The number of aromatic carboxylic acids is 1. The van der Waals surface area contributed by atoms with E-state index in [9.17, 15) is 9.90 Å². The molecule has 0 aliphatic rings. The van der Waals surface area contributed by atoms with Gasteiger partial charge < -0.3 is 29.8 Å². The molecule has 2 rings (SSSR count). The second-order valence-electron chi connectivity index (χ2n) is 8.09. The largest absolute Gasteiger partial charge is 0.494 e. The molecule has 3 N–H and O–H groups in total. The lowest BCUT2D eigenvalue weighted by molar-refractivity contribution is 0.0695. The molecule has 0 saturated carbocycles. The van der Waals surface area contributed by atoms with Gasteiger partial charge in [-0.2, -0.15) is 0 Å². The standard InChI is InChI=1S/C24H31NO5.C3H8O/c1-4-5-6-7-11-28-20-10-8-9-18(12-20)23(25)16-29-21-13-19(24(26)27)14-22(15-21)30-17(2)3;1-2-3-4/h8-10,12-15,17,25H,4-7,11,16H2,1-3H3,(H,26,27);4H,2-3H2,1H3. The van der Waals surface area contributed by atoms with Crippen LogP contribution in [0.2, 0.25) is 0 Å². The highest BCUT2D eigenvalue weighted by atomic mass is 16.5. The van der Waals surface area contributed by atoms with Crippen molar-refractivity contribution in [2.75, 3.05) is 19.8 Å². The maximum atomic E-state index is 11.4. The minimum absolute atomic E-state index is 0.00411. The van der Waals surface area contributed by atoms with Crippen molar-refractivity contribution in [1.29, 1.82) is 5.41 Å². The molecule has 0 unspecified atom stereocenters. The third-order valence-electron chi connectivity index (χ3n) is 4.55. The Morgan fingerprint density at radius 1 is 0.912 bits per heavy atom. The van der Waals surface area contributed by atoms with Crippen LogP contribution < -0.4 is 14.2 Å². The number of carbonyl (C=O) groups is 1. The molecular weight excluding hydrogens is 434 g/mol. The minimum atomic E-state index is -1.06.